The molecule has 0 saturated carbocycles. The van der Waals surface area contributed by atoms with E-state index in [0.717, 1.165) is 0 Å². The SMILES string of the molecule is CNC(c1ccc(OC)cc1C)C(F)(F)C(F)F. The summed E-state index contributed by atoms with van der Waals surface area (Å²) in [6.45, 7) is 1.57. The molecule has 0 bridgehead atoms. The Morgan fingerprint density at radius 3 is 2.28 bits per heavy atom. The van der Waals surface area contributed by atoms with E-state index >= 15 is 0 Å². The molecule has 0 aliphatic heterocycles. The lowest BCUT2D eigenvalue weighted by atomic mass is 9.96. The number of rotatable bonds is 5. The minimum atomic E-state index is -4.13. The number of alkyl halides is 4. The molecule has 1 aromatic rings. The molecule has 1 rings (SSSR count). The highest BCUT2D eigenvalue weighted by atomic mass is 19.3. The lowest BCUT2D eigenvalue weighted by molar-refractivity contribution is -0.150. The fourth-order valence-corrected chi connectivity index (χ4v) is 1.78. The van der Waals surface area contributed by atoms with E-state index in [1.165, 1.54) is 32.4 Å². The highest BCUT2D eigenvalue weighted by molar-refractivity contribution is 5.37. The van der Waals surface area contributed by atoms with Gasteiger partial charge in [0.1, 0.15) is 11.8 Å². The third-order valence-electron chi connectivity index (χ3n) is 2.75. The Morgan fingerprint density at radius 2 is 1.89 bits per heavy atom. The van der Waals surface area contributed by atoms with Crippen molar-refractivity contribution in [3.8, 4) is 5.75 Å². The summed E-state index contributed by atoms with van der Waals surface area (Å²) in [6.07, 6.45) is -3.73. The molecule has 18 heavy (non-hydrogen) atoms. The predicted octanol–water partition coefficient (Wildman–Crippen LogP) is 3.16. The van der Waals surface area contributed by atoms with Crippen LogP contribution in [0.1, 0.15) is 17.2 Å². The van der Waals surface area contributed by atoms with Crippen molar-refractivity contribution in [1.29, 1.82) is 0 Å². The standard InChI is InChI=1S/C12H15F4NO/c1-7-6-8(18-3)4-5-9(7)10(17-2)12(15,16)11(13)14/h4-6,10-11,17H,1-3H3. The smallest absolute Gasteiger partial charge is 0.326 e. The first-order valence-corrected chi connectivity index (χ1v) is 5.32. The number of nitrogens with one attached hydrogen (secondary N) is 1. The molecule has 0 amide bonds. The average molecular weight is 265 g/mol. The van der Waals surface area contributed by atoms with Gasteiger partial charge in [-0.15, -0.1) is 0 Å². The molecule has 0 aromatic heterocycles. The van der Waals surface area contributed by atoms with Crippen molar-refractivity contribution in [2.24, 2.45) is 0 Å². The molecule has 0 heterocycles. The van der Waals surface area contributed by atoms with Gasteiger partial charge in [0.2, 0.25) is 0 Å². The average Bonchev–Trinajstić information content (AvgIpc) is 2.31. The van der Waals surface area contributed by atoms with Crippen molar-refractivity contribution >= 4 is 0 Å². The zero-order valence-electron chi connectivity index (χ0n) is 10.3. The van der Waals surface area contributed by atoms with E-state index in [1.54, 1.807) is 6.92 Å². The van der Waals surface area contributed by atoms with Crippen LogP contribution >= 0.6 is 0 Å². The largest absolute Gasteiger partial charge is 0.497 e. The monoisotopic (exact) mass is 265 g/mol. The normalized spacial score (nSPS) is 13.8. The second-order valence-electron chi connectivity index (χ2n) is 3.92. The van der Waals surface area contributed by atoms with Gasteiger partial charge in [-0.2, -0.15) is 8.78 Å². The van der Waals surface area contributed by atoms with E-state index in [2.05, 4.69) is 5.32 Å². The third kappa shape index (κ3) is 2.75. The van der Waals surface area contributed by atoms with Crippen LogP contribution in [0.4, 0.5) is 17.6 Å². The van der Waals surface area contributed by atoms with Gasteiger partial charge in [-0.25, -0.2) is 8.78 Å². The summed E-state index contributed by atoms with van der Waals surface area (Å²) in [4.78, 5) is 0. The summed E-state index contributed by atoms with van der Waals surface area (Å²) >= 11 is 0. The molecule has 102 valence electrons. The molecule has 0 saturated heterocycles. The molecule has 0 radical (unpaired) electrons. The molecule has 0 aliphatic rings. The van der Waals surface area contributed by atoms with Crippen LogP contribution in [-0.4, -0.2) is 26.5 Å². The quantitative estimate of drug-likeness (QED) is 0.826. The van der Waals surface area contributed by atoms with Crippen LogP contribution in [0.2, 0.25) is 0 Å². The Labute approximate surface area is 103 Å². The minimum absolute atomic E-state index is 0.128. The molecule has 0 spiro atoms. The maximum absolute atomic E-state index is 13.4. The Balaban J connectivity index is 3.17. The zero-order chi connectivity index (χ0) is 13.9. The number of hydrogen-bond donors (Lipinski definition) is 1. The van der Waals surface area contributed by atoms with Crippen LogP contribution in [-0.2, 0) is 0 Å². The van der Waals surface area contributed by atoms with E-state index in [9.17, 15) is 17.6 Å². The number of aryl methyl sites for hydroxylation is 1. The van der Waals surface area contributed by atoms with E-state index in [4.69, 9.17) is 4.74 Å². The Kier molecular flexibility index (Phi) is 4.56. The Morgan fingerprint density at radius 1 is 1.28 bits per heavy atom. The third-order valence-corrected chi connectivity index (χ3v) is 2.75. The van der Waals surface area contributed by atoms with Gasteiger partial charge in [0.15, 0.2) is 0 Å². The van der Waals surface area contributed by atoms with Crippen LogP contribution in [0, 0.1) is 6.92 Å². The summed E-state index contributed by atoms with van der Waals surface area (Å²) in [7, 11) is 2.67. The fourth-order valence-electron chi connectivity index (χ4n) is 1.78. The van der Waals surface area contributed by atoms with E-state index in [0.29, 0.717) is 11.3 Å². The second kappa shape index (κ2) is 5.56. The van der Waals surface area contributed by atoms with Gasteiger partial charge in [-0.05, 0) is 37.2 Å². The van der Waals surface area contributed by atoms with Crippen LogP contribution in [0.25, 0.3) is 0 Å². The fraction of sp³-hybridized carbons (Fsp3) is 0.500. The van der Waals surface area contributed by atoms with Crippen LogP contribution < -0.4 is 10.1 Å². The number of halogens is 4. The molecular weight excluding hydrogens is 250 g/mol. The number of methoxy groups -OCH3 is 1. The highest BCUT2D eigenvalue weighted by Gasteiger charge is 2.49. The highest BCUT2D eigenvalue weighted by Crippen LogP contribution is 2.38. The summed E-state index contributed by atoms with van der Waals surface area (Å²) in [5.41, 5.74) is 0.595. The zero-order valence-corrected chi connectivity index (χ0v) is 10.3. The van der Waals surface area contributed by atoms with Crippen LogP contribution in [0.3, 0.4) is 0 Å². The Bertz CT molecular complexity index is 409. The summed E-state index contributed by atoms with van der Waals surface area (Å²) < 4.78 is 56.6. The van der Waals surface area contributed by atoms with E-state index < -0.39 is 18.4 Å². The maximum Gasteiger partial charge on any atom is 0.326 e. The molecule has 1 aromatic carbocycles. The van der Waals surface area contributed by atoms with Crippen LogP contribution in [0.5, 0.6) is 5.75 Å². The summed E-state index contributed by atoms with van der Waals surface area (Å²) in [5.74, 6) is -3.64. The number of hydrogen-bond acceptors (Lipinski definition) is 2. The molecule has 6 heteroatoms. The lowest BCUT2D eigenvalue weighted by Gasteiger charge is -2.27. The van der Waals surface area contributed by atoms with Gasteiger partial charge in [-0.1, -0.05) is 6.07 Å². The molecule has 1 unspecified atom stereocenters. The molecular formula is C12H15F4NO. The predicted molar refractivity (Wildman–Crippen MR) is 60.5 cm³/mol. The van der Waals surface area contributed by atoms with E-state index in [1.807, 2.05) is 0 Å². The molecule has 1 N–H and O–H groups in total. The summed E-state index contributed by atoms with van der Waals surface area (Å²) in [5, 5.41) is 2.25. The second-order valence-corrected chi connectivity index (χ2v) is 3.92. The van der Waals surface area contributed by atoms with Crippen molar-refractivity contribution in [2.45, 2.75) is 25.3 Å². The first-order chi connectivity index (χ1) is 8.34. The van der Waals surface area contributed by atoms with Crippen molar-refractivity contribution in [1.82, 2.24) is 5.32 Å². The van der Waals surface area contributed by atoms with Crippen molar-refractivity contribution in [3.05, 3.63) is 29.3 Å². The lowest BCUT2D eigenvalue weighted by Crippen LogP contribution is -2.41. The first kappa shape index (κ1) is 14.8. The summed E-state index contributed by atoms with van der Waals surface area (Å²) in [6, 6.07) is 2.63. The molecule has 2 nitrogen and oxygen atoms in total. The van der Waals surface area contributed by atoms with Crippen molar-refractivity contribution in [3.63, 3.8) is 0 Å². The van der Waals surface area contributed by atoms with Crippen molar-refractivity contribution < 1.29 is 22.3 Å². The molecule has 0 fully saturated rings. The van der Waals surface area contributed by atoms with Gasteiger partial charge in [0.05, 0.1) is 7.11 Å². The van der Waals surface area contributed by atoms with Crippen molar-refractivity contribution in [2.75, 3.05) is 14.2 Å². The van der Waals surface area contributed by atoms with Gasteiger partial charge < -0.3 is 10.1 Å². The molecule has 1 atom stereocenters. The van der Waals surface area contributed by atoms with Gasteiger partial charge >= 0.3 is 12.3 Å². The topological polar surface area (TPSA) is 21.3 Å². The molecule has 0 aliphatic carbocycles. The van der Waals surface area contributed by atoms with E-state index in [-0.39, 0.29) is 5.56 Å². The first-order valence-electron chi connectivity index (χ1n) is 5.32. The Hall–Kier alpha value is -1.30. The van der Waals surface area contributed by atoms with Gasteiger partial charge in [-0.3, -0.25) is 0 Å². The van der Waals surface area contributed by atoms with Crippen LogP contribution in [0.15, 0.2) is 18.2 Å². The number of benzene rings is 1. The minimum Gasteiger partial charge on any atom is -0.497 e. The maximum atomic E-state index is 13.4. The van der Waals surface area contributed by atoms with Gasteiger partial charge in [0.25, 0.3) is 0 Å². The van der Waals surface area contributed by atoms with Gasteiger partial charge in [0, 0.05) is 0 Å². The number of ether oxygens (including phenoxy) is 1.